The molecule has 1 saturated carbocycles. The molecule has 0 atom stereocenters. The molecule has 0 saturated heterocycles. The van der Waals surface area contributed by atoms with Crippen LogP contribution in [0, 0.1) is 5.82 Å². The Morgan fingerprint density at radius 1 is 1.21 bits per heavy atom. The van der Waals surface area contributed by atoms with Crippen LogP contribution in [0.5, 0.6) is 0 Å². The highest BCUT2D eigenvalue weighted by Gasteiger charge is 2.31. The van der Waals surface area contributed by atoms with E-state index in [0.29, 0.717) is 32.3 Å². The van der Waals surface area contributed by atoms with Crippen LogP contribution in [-0.2, 0) is 4.79 Å². The van der Waals surface area contributed by atoms with Crippen molar-refractivity contribution in [1.82, 2.24) is 14.8 Å². The molecule has 0 radical (unpaired) electrons. The topological polar surface area (TPSA) is 59.8 Å². The van der Waals surface area contributed by atoms with E-state index in [0.717, 1.165) is 12.8 Å². The van der Waals surface area contributed by atoms with Crippen molar-refractivity contribution in [3.63, 3.8) is 0 Å². The summed E-state index contributed by atoms with van der Waals surface area (Å²) in [6.07, 6.45) is 1.97. The largest absolute Gasteiger partial charge is 0.324 e. The average molecular weight is 437 g/mol. The molecule has 1 N–H and O–H groups in total. The van der Waals surface area contributed by atoms with Gasteiger partial charge in [-0.2, -0.15) is 0 Å². The van der Waals surface area contributed by atoms with Gasteiger partial charge in [0.1, 0.15) is 5.82 Å². The quantitative estimate of drug-likeness (QED) is 0.521. The molecule has 0 bridgehead atoms. The molecule has 9 heteroatoms. The molecular formula is C19H15Cl2FN4OS. The van der Waals surface area contributed by atoms with Gasteiger partial charge < -0.3 is 5.32 Å². The fourth-order valence-corrected chi connectivity index (χ4v) is 4.03. The first-order valence-electron chi connectivity index (χ1n) is 8.60. The highest BCUT2D eigenvalue weighted by molar-refractivity contribution is 7.99. The molecule has 2 aromatic carbocycles. The van der Waals surface area contributed by atoms with Crippen LogP contribution >= 0.6 is 35.0 Å². The van der Waals surface area contributed by atoms with Crippen LogP contribution in [0.3, 0.4) is 0 Å². The number of anilines is 1. The molecule has 28 heavy (non-hydrogen) atoms. The summed E-state index contributed by atoms with van der Waals surface area (Å²) in [5, 5.41) is 12.6. The van der Waals surface area contributed by atoms with Crippen LogP contribution in [0.25, 0.3) is 11.4 Å². The standard InChI is InChI=1S/C19H15Cl2FN4OS/c20-11-5-8-16(14(21)9-11)23-17(27)10-28-19-25-24-18(26(19)12-6-7-12)13-3-1-2-4-15(13)22/h1-5,8-9,12H,6-7,10H2,(H,23,27). The van der Waals surface area contributed by atoms with Crippen molar-refractivity contribution in [2.75, 3.05) is 11.1 Å². The molecule has 1 aliphatic carbocycles. The third kappa shape index (κ3) is 4.16. The highest BCUT2D eigenvalue weighted by atomic mass is 35.5. The molecule has 0 spiro atoms. The SMILES string of the molecule is O=C(CSc1nnc(-c2ccccc2F)n1C1CC1)Nc1ccc(Cl)cc1Cl. The van der Waals surface area contributed by atoms with Crippen LogP contribution in [0.1, 0.15) is 18.9 Å². The van der Waals surface area contributed by atoms with E-state index in [1.54, 1.807) is 36.4 Å². The molecule has 5 nitrogen and oxygen atoms in total. The number of carbonyl (C=O) groups is 1. The van der Waals surface area contributed by atoms with Crippen LogP contribution in [0.15, 0.2) is 47.6 Å². The van der Waals surface area contributed by atoms with Gasteiger partial charge in [0.25, 0.3) is 0 Å². The number of rotatable bonds is 6. The molecule has 0 aliphatic heterocycles. The Hall–Kier alpha value is -2.09. The van der Waals surface area contributed by atoms with Gasteiger partial charge in [-0.15, -0.1) is 10.2 Å². The number of carbonyl (C=O) groups excluding carboxylic acids is 1. The van der Waals surface area contributed by atoms with Crippen molar-refractivity contribution in [3.8, 4) is 11.4 Å². The summed E-state index contributed by atoms with van der Waals surface area (Å²) in [6, 6.07) is 11.6. The monoisotopic (exact) mass is 436 g/mol. The lowest BCUT2D eigenvalue weighted by Gasteiger charge is -2.10. The number of benzene rings is 2. The van der Waals surface area contributed by atoms with E-state index in [2.05, 4.69) is 15.5 Å². The molecule has 1 heterocycles. The number of aromatic nitrogens is 3. The summed E-state index contributed by atoms with van der Waals surface area (Å²) in [6.45, 7) is 0. The molecule has 1 aromatic heterocycles. The van der Waals surface area contributed by atoms with Gasteiger partial charge in [0.2, 0.25) is 5.91 Å². The molecule has 1 amide bonds. The number of thioether (sulfide) groups is 1. The van der Waals surface area contributed by atoms with Crippen molar-refractivity contribution in [3.05, 3.63) is 58.3 Å². The first kappa shape index (κ1) is 19.2. The maximum Gasteiger partial charge on any atom is 0.234 e. The summed E-state index contributed by atoms with van der Waals surface area (Å²) in [5.41, 5.74) is 0.901. The van der Waals surface area contributed by atoms with Crippen LogP contribution in [0.2, 0.25) is 10.0 Å². The number of nitrogens with zero attached hydrogens (tertiary/aromatic N) is 3. The zero-order chi connectivity index (χ0) is 19.7. The molecular weight excluding hydrogens is 422 g/mol. The smallest absolute Gasteiger partial charge is 0.234 e. The maximum absolute atomic E-state index is 14.2. The molecule has 1 fully saturated rings. The van der Waals surface area contributed by atoms with Gasteiger partial charge in [-0.3, -0.25) is 9.36 Å². The van der Waals surface area contributed by atoms with Crippen molar-refractivity contribution in [1.29, 1.82) is 0 Å². The van der Waals surface area contributed by atoms with Gasteiger partial charge in [-0.05, 0) is 43.2 Å². The Morgan fingerprint density at radius 3 is 2.71 bits per heavy atom. The van der Waals surface area contributed by atoms with E-state index in [-0.39, 0.29) is 23.5 Å². The third-order valence-corrected chi connectivity index (χ3v) is 5.72. The van der Waals surface area contributed by atoms with E-state index in [9.17, 15) is 9.18 Å². The molecule has 3 aromatic rings. The highest BCUT2D eigenvalue weighted by Crippen LogP contribution is 2.41. The minimum atomic E-state index is -0.344. The number of amides is 1. The average Bonchev–Trinajstić information content (AvgIpc) is 3.42. The summed E-state index contributed by atoms with van der Waals surface area (Å²) in [5.74, 6) is 0.0425. The summed E-state index contributed by atoms with van der Waals surface area (Å²) in [7, 11) is 0. The zero-order valence-corrected chi connectivity index (χ0v) is 16.9. The van der Waals surface area contributed by atoms with E-state index < -0.39 is 0 Å². The third-order valence-electron chi connectivity index (χ3n) is 4.23. The van der Waals surface area contributed by atoms with Crippen LogP contribution < -0.4 is 5.32 Å². The second-order valence-electron chi connectivity index (χ2n) is 6.35. The molecule has 144 valence electrons. The van der Waals surface area contributed by atoms with Crippen molar-refractivity contribution in [2.45, 2.75) is 24.0 Å². The minimum absolute atomic E-state index is 0.126. The Labute approximate surface area is 175 Å². The van der Waals surface area contributed by atoms with Crippen molar-refractivity contribution in [2.24, 2.45) is 0 Å². The molecule has 1 aliphatic rings. The first-order chi connectivity index (χ1) is 13.5. The van der Waals surface area contributed by atoms with Crippen LogP contribution in [0.4, 0.5) is 10.1 Å². The Balaban J connectivity index is 1.49. The number of halogens is 3. The van der Waals surface area contributed by atoms with E-state index in [1.165, 1.54) is 17.8 Å². The fraction of sp³-hybridized carbons (Fsp3) is 0.211. The van der Waals surface area contributed by atoms with Gasteiger partial charge in [0.15, 0.2) is 11.0 Å². The summed E-state index contributed by atoms with van der Waals surface area (Å²) >= 11 is 13.2. The number of hydrogen-bond donors (Lipinski definition) is 1. The van der Waals surface area contributed by atoms with Gasteiger partial charge in [-0.1, -0.05) is 47.1 Å². The van der Waals surface area contributed by atoms with Crippen LogP contribution in [-0.4, -0.2) is 26.4 Å². The summed E-state index contributed by atoms with van der Waals surface area (Å²) in [4.78, 5) is 12.3. The predicted octanol–water partition coefficient (Wildman–Crippen LogP) is 5.46. The number of nitrogens with one attached hydrogen (secondary N) is 1. The Kier molecular flexibility index (Phi) is 5.57. The minimum Gasteiger partial charge on any atom is -0.324 e. The van der Waals surface area contributed by atoms with Crippen molar-refractivity contribution >= 4 is 46.6 Å². The second-order valence-corrected chi connectivity index (χ2v) is 8.13. The summed E-state index contributed by atoms with van der Waals surface area (Å²) < 4.78 is 16.1. The predicted molar refractivity (Wildman–Crippen MR) is 110 cm³/mol. The number of hydrogen-bond acceptors (Lipinski definition) is 4. The Morgan fingerprint density at radius 2 is 2.00 bits per heavy atom. The fourth-order valence-electron chi connectivity index (χ4n) is 2.77. The van der Waals surface area contributed by atoms with Gasteiger partial charge in [0.05, 0.1) is 22.0 Å². The molecule has 4 rings (SSSR count). The van der Waals surface area contributed by atoms with E-state index in [1.807, 2.05) is 4.57 Å². The van der Waals surface area contributed by atoms with E-state index in [4.69, 9.17) is 23.2 Å². The van der Waals surface area contributed by atoms with Gasteiger partial charge >= 0.3 is 0 Å². The Bertz CT molecular complexity index is 1040. The first-order valence-corrected chi connectivity index (χ1v) is 10.3. The maximum atomic E-state index is 14.2. The lowest BCUT2D eigenvalue weighted by atomic mass is 10.2. The lowest BCUT2D eigenvalue weighted by Crippen LogP contribution is -2.15. The van der Waals surface area contributed by atoms with Gasteiger partial charge in [-0.25, -0.2) is 4.39 Å². The van der Waals surface area contributed by atoms with Crippen molar-refractivity contribution < 1.29 is 9.18 Å². The molecule has 0 unspecified atom stereocenters. The second kappa shape index (κ2) is 8.11. The van der Waals surface area contributed by atoms with E-state index >= 15 is 0 Å². The van der Waals surface area contributed by atoms with Gasteiger partial charge in [0, 0.05) is 11.1 Å². The lowest BCUT2D eigenvalue weighted by molar-refractivity contribution is -0.113. The zero-order valence-electron chi connectivity index (χ0n) is 14.5. The normalized spacial score (nSPS) is 13.5.